The third-order valence-electron chi connectivity index (χ3n) is 8.72. The molecule has 0 radical (unpaired) electrons. The maximum Gasteiger partial charge on any atom is 0.433 e. The van der Waals surface area contributed by atoms with Gasteiger partial charge in [0.25, 0.3) is 5.91 Å². The number of carbonyl (C=O) groups excluding carboxylic acids is 5. The van der Waals surface area contributed by atoms with E-state index in [2.05, 4.69) is 4.98 Å². The van der Waals surface area contributed by atoms with Gasteiger partial charge < -0.3 is 10.0 Å². The predicted molar refractivity (Wildman–Crippen MR) is 171 cm³/mol. The van der Waals surface area contributed by atoms with Crippen LogP contribution in [0.3, 0.4) is 0 Å². The van der Waals surface area contributed by atoms with Crippen molar-refractivity contribution in [3.05, 3.63) is 63.2 Å². The molecular weight excluding hydrogens is 771 g/mol. The summed E-state index contributed by atoms with van der Waals surface area (Å²) in [5.74, 6) is -5.92. The number of nitrogens with one attached hydrogen (secondary N) is 1. The number of aryl methyl sites for hydroxylation is 1. The van der Waals surface area contributed by atoms with E-state index in [0.29, 0.717) is 35.7 Å². The van der Waals surface area contributed by atoms with Gasteiger partial charge in [-0.3, -0.25) is 19.2 Å². The summed E-state index contributed by atoms with van der Waals surface area (Å²) in [5.41, 5.74) is -2.94. The second-order valence-electron chi connectivity index (χ2n) is 12.4. The van der Waals surface area contributed by atoms with E-state index in [1.54, 1.807) is 4.72 Å². The molecule has 1 aromatic heterocycles. The highest BCUT2D eigenvalue weighted by Crippen LogP contribution is 2.42. The van der Waals surface area contributed by atoms with E-state index >= 15 is 0 Å². The van der Waals surface area contributed by atoms with Crippen molar-refractivity contribution in [2.24, 2.45) is 11.8 Å². The van der Waals surface area contributed by atoms with Crippen LogP contribution in [0, 0.1) is 24.6 Å². The number of anilines is 1. The first kappa shape index (κ1) is 41.1. The summed E-state index contributed by atoms with van der Waals surface area (Å²) in [5, 5.41) is 9.79. The SMILES string of the molecule is CN1C(=O)N(c2cc(C(=O)NS(=O)(=O)N(C)C)c(Cl)cc2F)C(=O)CC1C(F)(F)F.Cc1nc(C(F)(F)F)ccc1C(O)=C1C(=O)C2CCC(C2)C1=O. The molecule has 1 aromatic carbocycles. The van der Waals surface area contributed by atoms with Crippen molar-refractivity contribution in [3.63, 3.8) is 0 Å². The summed E-state index contributed by atoms with van der Waals surface area (Å²) < 4.78 is 117. The molecule has 2 bridgehead atoms. The minimum Gasteiger partial charge on any atom is -0.506 e. The zero-order valence-corrected chi connectivity index (χ0v) is 29.5. The summed E-state index contributed by atoms with van der Waals surface area (Å²) in [6.07, 6.45) is -8.95. The fraction of sp³-hybridized carbons (Fsp3) is 0.419. The first-order valence-electron chi connectivity index (χ1n) is 15.2. The van der Waals surface area contributed by atoms with E-state index in [1.807, 2.05) is 0 Å². The Morgan fingerprint density at radius 3 is 2.06 bits per heavy atom. The van der Waals surface area contributed by atoms with Crippen LogP contribution < -0.4 is 9.62 Å². The molecule has 13 nitrogen and oxygen atoms in total. The number of nitrogens with zero attached hydrogens (tertiary/aromatic N) is 4. The number of allylic oxidation sites excluding steroid dienone is 1. The minimum atomic E-state index is -4.89. The minimum absolute atomic E-state index is 0.0176. The number of fused-ring (bicyclic) bond motifs is 2. The molecular formula is C31H29ClF7N5O8S. The first-order valence-corrected chi connectivity index (χ1v) is 17.1. The number of pyridine rings is 1. The second kappa shape index (κ2) is 14.7. The number of benzene rings is 1. The number of Topliss-reactive ketones (excluding diaryl/α,β-unsaturated/α-hetero) is 2. The van der Waals surface area contributed by atoms with Crippen molar-refractivity contribution in [1.82, 2.24) is 18.9 Å². The molecule has 2 N–H and O–H groups in total. The second-order valence-corrected chi connectivity index (χ2v) is 14.7. The molecule has 2 heterocycles. The van der Waals surface area contributed by atoms with Crippen molar-refractivity contribution < 1.29 is 68.2 Å². The number of aliphatic hydroxyl groups excluding tert-OH is 1. The van der Waals surface area contributed by atoms with E-state index in [4.69, 9.17) is 11.6 Å². The number of aromatic nitrogens is 1. The van der Waals surface area contributed by atoms with E-state index < -0.39 is 98.0 Å². The topological polar surface area (TPSA) is 174 Å². The van der Waals surface area contributed by atoms with Crippen molar-refractivity contribution >= 4 is 62.7 Å². The van der Waals surface area contributed by atoms with E-state index in [9.17, 15) is 68.2 Å². The number of ketones is 2. The van der Waals surface area contributed by atoms with E-state index in [0.717, 1.165) is 33.3 Å². The number of hydrogen-bond donors (Lipinski definition) is 2. The number of urea groups is 1. The Balaban J connectivity index is 0.000000244. The molecule has 22 heteroatoms. The van der Waals surface area contributed by atoms with Crippen LogP contribution in [0.2, 0.25) is 5.02 Å². The fourth-order valence-corrected chi connectivity index (χ4v) is 6.60. The van der Waals surface area contributed by atoms with Gasteiger partial charge in [0.05, 0.1) is 22.7 Å². The number of hydrogen-bond acceptors (Lipinski definition) is 9. The lowest BCUT2D eigenvalue weighted by Crippen LogP contribution is -2.60. The Morgan fingerprint density at radius 2 is 1.57 bits per heavy atom. The van der Waals surface area contributed by atoms with Gasteiger partial charge in [-0.1, -0.05) is 11.6 Å². The van der Waals surface area contributed by atoms with Gasteiger partial charge in [-0.15, -0.1) is 0 Å². The van der Waals surface area contributed by atoms with Crippen LogP contribution in [0.25, 0.3) is 5.76 Å². The number of halogens is 8. The van der Waals surface area contributed by atoms with Gasteiger partial charge in [-0.25, -0.2) is 23.8 Å². The van der Waals surface area contributed by atoms with Crippen LogP contribution in [0.15, 0.2) is 29.8 Å². The summed E-state index contributed by atoms with van der Waals surface area (Å²) >= 11 is 5.77. The number of amides is 4. The Kier molecular flexibility index (Phi) is 11.4. The standard InChI is InChI=1S/C16H14F3NO3.C15H15ClF4N4O5S/c1-7-10(4-5-11(20-7)16(17,18)19)15(23)12-13(21)8-2-3-9(6-8)14(12)22;1-22(2)30(28,29)21-13(26)7-4-10(9(17)5-8(7)16)24-12(25)6-11(15(18,19)20)23(3)14(24)27/h4-5,8-9,23H,2-3,6H2,1H3;4-5,11H,6H2,1-3H3,(H,21,26). The lowest BCUT2D eigenvalue weighted by Gasteiger charge is -2.38. The fourth-order valence-electron chi connectivity index (χ4n) is 5.84. The average molecular weight is 800 g/mol. The molecule has 3 aliphatic rings. The Morgan fingerprint density at radius 1 is 1.00 bits per heavy atom. The maximum absolute atomic E-state index is 14.4. The summed E-state index contributed by atoms with van der Waals surface area (Å²) in [4.78, 5) is 65.2. The lowest BCUT2D eigenvalue weighted by molar-refractivity contribution is -0.179. The Labute approximate surface area is 301 Å². The molecule has 1 saturated heterocycles. The van der Waals surface area contributed by atoms with Crippen LogP contribution in [0.4, 0.5) is 41.2 Å². The van der Waals surface area contributed by atoms with Gasteiger partial charge in [-0.05, 0) is 50.5 Å². The summed E-state index contributed by atoms with van der Waals surface area (Å²) in [6.45, 7) is 1.30. The highest BCUT2D eigenvalue weighted by Gasteiger charge is 2.51. The quantitative estimate of drug-likeness (QED) is 0.183. The van der Waals surface area contributed by atoms with Crippen molar-refractivity contribution in [1.29, 1.82) is 0 Å². The first-order chi connectivity index (χ1) is 24.3. The number of carbonyl (C=O) groups is 5. The molecule has 3 unspecified atom stereocenters. The molecule has 2 aliphatic carbocycles. The van der Waals surface area contributed by atoms with Gasteiger partial charge in [0.1, 0.15) is 28.9 Å². The van der Waals surface area contributed by atoms with Crippen LogP contribution >= 0.6 is 11.6 Å². The monoisotopic (exact) mass is 799 g/mol. The van der Waals surface area contributed by atoms with Crippen LogP contribution in [0.1, 0.15) is 53.0 Å². The van der Waals surface area contributed by atoms with Gasteiger partial charge in [0, 0.05) is 44.2 Å². The van der Waals surface area contributed by atoms with Crippen molar-refractivity contribution in [2.45, 2.75) is 51.0 Å². The molecule has 2 aromatic rings. The highest BCUT2D eigenvalue weighted by atomic mass is 35.5. The molecule has 3 fully saturated rings. The maximum atomic E-state index is 14.4. The third kappa shape index (κ3) is 8.30. The average Bonchev–Trinajstić information content (AvgIpc) is 3.49. The zero-order valence-electron chi connectivity index (χ0n) is 27.9. The Bertz CT molecular complexity index is 2010. The van der Waals surface area contributed by atoms with Gasteiger partial charge >= 0.3 is 28.6 Å². The third-order valence-corrected chi connectivity index (χ3v) is 10.4. The summed E-state index contributed by atoms with van der Waals surface area (Å²) in [7, 11) is -1.25. The molecule has 1 aliphatic heterocycles. The van der Waals surface area contributed by atoms with E-state index in [-0.39, 0.29) is 38.5 Å². The van der Waals surface area contributed by atoms with Crippen molar-refractivity contribution in [2.75, 3.05) is 26.0 Å². The molecule has 5 rings (SSSR count). The van der Waals surface area contributed by atoms with Crippen molar-refractivity contribution in [3.8, 4) is 0 Å². The van der Waals surface area contributed by atoms with Crippen LogP contribution in [-0.2, 0) is 30.8 Å². The smallest absolute Gasteiger partial charge is 0.433 e. The predicted octanol–water partition coefficient (Wildman–Crippen LogP) is 4.98. The van der Waals surface area contributed by atoms with E-state index in [1.165, 1.54) is 6.92 Å². The molecule has 2 saturated carbocycles. The van der Waals surface area contributed by atoms with Crippen LogP contribution in [0.5, 0.6) is 0 Å². The molecule has 0 spiro atoms. The Hall–Kier alpha value is -4.63. The number of alkyl halides is 6. The normalized spacial score (nSPS) is 20.8. The molecule has 53 heavy (non-hydrogen) atoms. The largest absolute Gasteiger partial charge is 0.506 e. The molecule has 3 atom stereocenters. The summed E-state index contributed by atoms with van der Waals surface area (Å²) in [6, 6.07) is -0.977. The van der Waals surface area contributed by atoms with Gasteiger partial charge in [0.2, 0.25) is 5.91 Å². The van der Waals surface area contributed by atoms with Crippen LogP contribution in [-0.4, -0.2) is 90.5 Å². The number of aliphatic hydroxyl groups is 1. The zero-order chi connectivity index (χ0) is 40.1. The lowest BCUT2D eigenvalue weighted by atomic mass is 9.81. The highest BCUT2D eigenvalue weighted by molar-refractivity contribution is 7.87. The number of imide groups is 1. The van der Waals surface area contributed by atoms with Gasteiger partial charge in [-0.2, -0.15) is 39.1 Å². The molecule has 4 amide bonds. The number of rotatable bonds is 5. The van der Waals surface area contributed by atoms with Gasteiger partial charge in [0.15, 0.2) is 11.6 Å². The molecule has 288 valence electrons.